The minimum Gasteiger partial charge on any atom is -0.508 e. The summed E-state index contributed by atoms with van der Waals surface area (Å²) in [5, 5.41) is 22.7. The Bertz CT molecular complexity index is 1040. The minimum absolute atomic E-state index is 0.137. The Balaban J connectivity index is 1.92. The summed E-state index contributed by atoms with van der Waals surface area (Å²) in [5.74, 6) is -1.35. The fourth-order valence-corrected chi connectivity index (χ4v) is 4.68. The van der Waals surface area contributed by atoms with E-state index in [4.69, 9.17) is 11.6 Å². The lowest BCUT2D eigenvalue weighted by Gasteiger charge is -2.24. The number of nitrogens with one attached hydrogen (secondary N) is 1. The van der Waals surface area contributed by atoms with E-state index in [0.717, 1.165) is 10.4 Å². The predicted molar refractivity (Wildman–Crippen MR) is 105 cm³/mol. The Kier molecular flexibility index (Phi) is 4.37. The van der Waals surface area contributed by atoms with Crippen molar-refractivity contribution in [2.45, 2.75) is 12.3 Å². The molecule has 0 aliphatic carbocycles. The lowest BCUT2D eigenvalue weighted by Crippen LogP contribution is -2.22. The number of aromatic hydroxyl groups is 1. The molecule has 0 fully saturated rings. The molecule has 0 unspecified atom stereocenters. The SMILES string of the molecule is O=C1C[C@@H](c2ccc(O)cc2)c2sc(C(=O)O)c(-c3ccc(Cl)cc3)c2N1. The highest BCUT2D eigenvalue weighted by Gasteiger charge is 2.34. The molecule has 136 valence electrons. The van der Waals surface area contributed by atoms with Gasteiger partial charge in [0.05, 0.1) is 5.69 Å². The van der Waals surface area contributed by atoms with Crippen LogP contribution in [-0.4, -0.2) is 22.1 Å². The number of thiophene rings is 1. The van der Waals surface area contributed by atoms with Crippen LogP contribution in [0.3, 0.4) is 0 Å². The van der Waals surface area contributed by atoms with E-state index in [9.17, 15) is 19.8 Å². The molecular formula is C20H14ClNO4S. The summed E-state index contributed by atoms with van der Waals surface area (Å²) in [5.41, 5.74) is 2.57. The largest absolute Gasteiger partial charge is 0.508 e. The van der Waals surface area contributed by atoms with Crippen molar-refractivity contribution in [3.8, 4) is 16.9 Å². The van der Waals surface area contributed by atoms with Crippen LogP contribution in [0.2, 0.25) is 5.02 Å². The predicted octanol–water partition coefficient (Wildman–Crippen LogP) is 4.95. The van der Waals surface area contributed by atoms with Gasteiger partial charge in [0.2, 0.25) is 5.91 Å². The molecule has 1 aliphatic heterocycles. The van der Waals surface area contributed by atoms with Crippen molar-refractivity contribution in [3.05, 3.63) is 68.9 Å². The van der Waals surface area contributed by atoms with Gasteiger partial charge < -0.3 is 15.5 Å². The summed E-state index contributed by atoms with van der Waals surface area (Å²) in [7, 11) is 0. The second kappa shape index (κ2) is 6.72. The molecule has 1 atom stereocenters. The maximum atomic E-state index is 12.4. The van der Waals surface area contributed by atoms with Crippen LogP contribution in [0.4, 0.5) is 5.69 Å². The third-order valence-electron chi connectivity index (χ3n) is 4.53. The molecule has 4 rings (SSSR count). The van der Waals surface area contributed by atoms with Crippen LogP contribution < -0.4 is 5.32 Å². The molecule has 0 spiro atoms. The molecule has 7 heteroatoms. The van der Waals surface area contributed by atoms with E-state index in [0.29, 0.717) is 21.8 Å². The van der Waals surface area contributed by atoms with Crippen LogP contribution in [-0.2, 0) is 4.79 Å². The number of carbonyl (C=O) groups is 2. The lowest BCUT2D eigenvalue weighted by atomic mass is 9.88. The van der Waals surface area contributed by atoms with Crippen molar-refractivity contribution >= 4 is 40.5 Å². The standard InChI is InChI=1S/C20H14ClNO4S/c21-12-5-1-11(2-6-12)16-17-18(27-19(16)20(25)26)14(9-15(24)22-17)10-3-7-13(23)8-4-10/h1-8,14,23H,9H2,(H,22,24)(H,25,26)/t14-/m0/s1. The van der Waals surface area contributed by atoms with E-state index >= 15 is 0 Å². The number of phenols is 1. The molecule has 0 radical (unpaired) electrons. The van der Waals surface area contributed by atoms with Crippen LogP contribution in [0.5, 0.6) is 5.75 Å². The number of benzene rings is 2. The van der Waals surface area contributed by atoms with Gasteiger partial charge in [0, 0.05) is 27.8 Å². The second-order valence-corrected chi connectivity index (χ2v) is 7.74. The fraction of sp³-hybridized carbons (Fsp3) is 0.100. The molecule has 0 bridgehead atoms. The molecule has 0 saturated carbocycles. The van der Waals surface area contributed by atoms with Gasteiger partial charge in [-0.15, -0.1) is 11.3 Å². The van der Waals surface area contributed by atoms with Gasteiger partial charge in [-0.1, -0.05) is 35.9 Å². The molecule has 2 aromatic carbocycles. The van der Waals surface area contributed by atoms with Crippen LogP contribution in [0.15, 0.2) is 48.5 Å². The Labute approximate surface area is 163 Å². The number of aromatic carboxylic acids is 1. The molecule has 3 N–H and O–H groups in total. The molecule has 0 saturated heterocycles. The van der Waals surface area contributed by atoms with Gasteiger partial charge in [0.25, 0.3) is 0 Å². The number of hydrogen-bond acceptors (Lipinski definition) is 4. The van der Waals surface area contributed by atoms with Gasteiger partial charge >= 0.3 is 5.97 Å². The second-order valence-electron chi connectivity index (χ2n) is 6.25. The molecule has 3 aromatic rings. The minimum atomic E-state index is -1.04. The van der Waals surface area contributed by atoms with E-state index in [2.05, 4.69) is 5.32 Å². The molecule has 1 aliphatic rings. The van der Waals surface area contributed by atoms with Crippen molar-refractivity contribution in [2.24, 2.45) is 0 Å². The van der Waals surface area contributed by atoms with Gasteiger partial charge in [-0.2, -0.15) is 0 Å². The number of rotatable bonds is 3. The Morgan fingerprint density at radius 2 is 1.78 bits per heavy atom. The van der Waals surface area contributed by atoms with Gasteiger partial charge in [0.15, 0.2) is 0 Å². The Morgan fingerprint density at radius 3 is 2.41 bits per heavy atom. The lowest BCUT2D eigenvalue weighted by molar-refractivity contribution is -0.116. The smallest absolute Gasteiger partial charge is 0.346 e. The zero-order valence-corrected chi connectivity index (χ0v) is 15.5. The maximum absolute atomic E-state index is 12.4. The van der Waals surface area contributed by atoms with Crippen molar-refractivity contribution in [2.75, 3.05) is 5.32 Å². The summed E-state index contributed by atoms with van der Waals surface area (Å²) in [6, 6.07) is 13.5. The monoisotopic (exact) mass is 399 g/mol. The van der Waals surface area contributed by atoms with E-state index in [1.807, 2.05) is 0 Å². The zero-order chi connectivity index (χ0) is 19.1. The van der Waals surface area contributed by atoms with Crippen LogP contribution >= 0.6 is 22.9 Å². The average molecular weight is 400 g/mol. The topological polar surface area (TPSA) is 86.6 Å². The first kappa shape index (κ1) is 17.6. The Morgan fingerprint density at radius 1 is 1.11 bits per heavy atom. The summed E-state index contributed by atoms with van der Waals surface area (Å²) < 4.78 is 0. The van der Waals surface area contributed by atoms with Crippen molar-refractivity contribution in [3.63, 3.8) is 0 Å². The highest BCUT2D eigenvalue weighted by atomic mass is 35.5. The van der Waals surface area contributed by atoms with E-state index in [-0.39, 0.29) is 28.9 Å². The average Bonchev–Trinajstić information content (AvgIpc) is 3.02. The quantitative estimate of drug-likeness (QED) is 0.581. The van der Waals surface area contributed by atoms with Crippen molar-refractivity contribution in [1.82, 2.24) is 0 Å². The van der Waals surface area contributed by atoms with E-state index in [1.54, 1.807) is 48.5 Å². The highest BCUT2D eigenvalue weighted by molar-refractivity contribution is 7.15. The molecule has 1 aromatic heterocycles. The molecular weight excluding hydrogens is 386 g/mol. The number of carbonyl (C=O) groups excluding carboxylic acids is 1. The first-order valence-corrected chi connectivity index (χ1v) is 9.38. The first-order chi connectivity index (χ1) is 12.9. The Hall–Kier alpha value is -2.83. The number of halogens is 1. The molecule has 27 heavy (non-hydrogen) atoms. The van der Waals surface area contributed by atoms with Crippen LogP contribution in [0.25, 0.3) is 11.1 Å². The third kappa shape index (κ3) is 3.18. The van der Waals surface area contributed by atoms with E-state index in [1.165, 1.54) is 11.3 Å². The van der Waals surface area contributed by atoms with Crippen LogP contribution in [0, 0.1) is 0 Å². The highest BCUT2D eigenvalue weighted by Crippen LogP contribution is 2.49. The first-order valence-electron chi connectivity index (χ1n) is 8.18. The normalized spacial score (nSPS) is 15.9. The molecule has 1 amide bonds. The summed E-state index contributed by atoms with van der Waals surface area (Å²) in [6.07, 6.45) is 0.220. The molecule has 2 heterocycles. The molecule has 5 nitrogen and oxygen atoms in total. The van der Waals surface area contributed by atoms with Gasteiger partial charge in [-0.25, -0.2) is 4.79 Å². The maximum Gasteiger partial charge on any atom is 0.346 e. The number of carboxylic acid groups (broad SMARTS) is 1. The number of phenolic OH excluding ortho intramolecular Hbond substituents is 1. The zero-order valence-electron chi connectivity index (χ0n) is 13.9. The number of hydrogen-bond donors (Lipinski definition) is 3. The van der Waals surface area contributed by atoms with Crippen molar-refractivity contribution in [1.29, 1.82) is 0 Å². The summed E-state index contributed by atoms with van der Waals surface area (Å²) in [6.45, 7) is 0. The summed E-state index contributed by atoms with van der Waals surface area (Å²) >= 11 is 7.12. The number of fused-ring (bicyclic) bond motifs is 1. The number of carboxylic acids is 1. The fourth-order valence-electron chi connectivity index (χ4n) is 3.31. The van der Waals surface area contributed by atoms with Gasteiger partial charge in [0.1, 0.15) is 10.6 Å². The van der Waals surface area contributed by atoms with Crippen LogP contribution in [0.1, 0.15) is 32.5 Å². The summed E-state index contributed by atoms with van der Waals surface area (Å²) in [4.78, 5) is 25.2. The van der Waals surface area contributed by atoms with E-state index < -0.39 is 5.97 Å². The van der Waals surface area contributed by atoms with Gasteiger partial charge in [-0.05, 0) is 35.4 Å². The number of anilines is 1. The van der Waals surface area contributed by atoms with Gasteiger partial charge in [-0.3, -0.25) is 4.79 Å². The number of amides is 1. The van der Waals surface area contributed by atoms with Crippen molar-refractivity contribution < 1.29 is 19.8 Å². The third-order valence-corrected chi connectivity index (χ3v) is 6.07.